The van der Waals surface area contributed by atoms with E-state index in [0.29, 0.717) is 10.9 Å². The monoisotopic (exact) mass is 384 g/mol. The smallest absolute Gasteiger partial charge is 0.261 e. The number of hydrogen-bond acceptors (Lipinski definition) is 4. The van der Waals surface area contributed by atoms with Crippen molar-refractivity contribution in [2.75, 3.05) is 0 Å². The van der Waals surface area contributed by atoms with Gasteiger partial charge in [-0.1, -0.05) is 48.5 Å². The van der Waals surface area contributed by atoms with E-state index in [9.17, 15) is 9.59 Å². The van der Waals surface area contributed by atoms with Gasteiger partial charge >= 0.3 is 0 Å². The average Bonchev–Trinajstić information content (AvgIpc) is 2.78. The van der Waals surface area contributed by atoms with E-state index in [0.717, 1.165) is 11.3 Å². The van der Waals surface area contributed by atoms with Crippen LogP contribution in [-0.2, 0) is 11.3 Å². The molecule has 2 aromatic carbocycles. The molecule has 0 aliphatic carbocycles. The van der Waals surface area contributed by atoms with Gasteiger partial charge in [0.05, 0.1) is 29.0 Å². The Kier molecular flexibility index (Phi) is 5.42. The summed E-state index contributed by atoms with van der Waals surface area (Å²) in [4.78, 5) is 34.0. The first kappa shape index (κ1) is 18.6. The molecule has 1 unspecified atom stereocenters. The van der Waals surface area contributed by atoms with Gasteiger partial charge in [0.1, 0.15) is 0 Å². The van der Waals surface area contributed by atoms with Crippen molar-refractivity contribution in [2.45, 2.75) is 19.0 Å². The van der Waals surface area contributed by atoms with Crippen LogP contribution in [0.5, 0.6) is 0 Å². The minimum atomic E-state index is -0.351. The third-order valence-electron chi connectivity index (χ3n) is 4.73. The minimum absolute atomic E-state index is 0.146. The molecule has 0 spiro atoms. The fourth-order valence-corrected chi connectivity index (χ4v) is 3.24. The van der Waals surface area contributed by atoms with Crippen LogP contribution < -0.4 is 10.9 Å². The van der Waals surface area contributed by atoms with Gasteiger partial charge in [0.2, 0.25) is 5.91 Å². The summed E-state index contributed by atoms with van der Waals surface area (Å²) in [7, 11) is 0. The maximum absolute atomic E-state index is 12.7. The molecule has 0 fully saturated rings. The largest absolute Gasteiger partial charge is 0.344 e. The van der Waals surface area contributed by atoms with Crippen LogP contribution in [0.4, 0.5) is 0 Å². The van der Waals surface area contributed by atoms with Crippen molar-refractivity contribution in [3.8, 4) is 0 Å². The number of carbonyl (C=O) groups excluding carboxylic acids is 1. The molecule has 0 radical (unpaired) electrons. The van der Waals surface area contributed by atoms with Crippen molar-refractivity contribution in [1.82, 2.24) is 19.9 Å². The first-order valence-electron chi connectivity index (χ1n) is 9.42. The van der Waals surface area contributed by atoms with Crippen LogP contribution in [0.25, 0.3) is 10.9 Å². The van der Waals surface area contributed by atoms with Gasteiger partial charge in [-0.05, 0) is 29.8 Å². The summed E-state index contributed by atoms with van der Waals surface area (Å²) in [6.45, 7) is 0.256. The SMILES string of the molecule is O=C(CCn1cnc2ccccc2c1=O)NC(c1ccccc1)c1ccccn1. The van der Waals surface area contributed by atoms with Crippen molar-refractivity contribution in [3.05, 3.63) is 107 Å². The molecule has 1 N–H and O–H groups in total. The molecule has 1 atom stereocenters. The Morgan fingerprint density at radius 2 is 1.69 bits per heavy atom. The quantitative estimate of drug-likeness (QED) is 0.554. The number of hydrogen-bond donors (Lipinski definition) is 1. The lowest BCUT2D eigenvalue weighted by molar-refractivity contribution is -0.121. The highest BCUT2D eigenvalue weighted by atomic mass is 16.2. The zero-order valence-corrected chi connectivity index (χ0v) is 15.7. The zero-order chi connectivity index (χ0) is 20.1. The van der Waals surface area contributed by atoms with Crippen molar-refractivity contribution in [1.29, 1.82) is 0 Å². The van der Waals surface area contributed by atoms with Crippen LogP contribution in [0.3, 0.4) is 0 Å². The van der Waals surface area contributed by atoms with Crippen LogP contribution in [0.2, 0.25) is 0 Å². The molecule has 2 heterocycles. The number of amides is 1. The lowest BCUT2D eigenvalue weighted by Crippen LogP contribution is -2.31. The van der Waals surface area contributed by atoms with Gasteiger partial charge in [-0.3, -0.25) is 19.1 Å². The number of benzene rings is 2. The Balaban J connectivity index is 1.50. The van der Waals surface area contributed by atoms with Gasteiger partial charge in [-0.2, -0.15) is 0 Å². The van der Waals surface area contributed by atoms with Gasteiger partial charge in [0.15, 0.2) is 0 Å². The Labute approximate surface area is 167 Å². The van der Waals surface area contributed by atoms with Crippen molar-refractivity contribution in [3.63, 3.8) is 0 Å². The molecular weight excluding hydrogens is 364 g/mol. The summed E-state index contributed by atoms with van der Waals surface area (Å²) in [6, 6.07) is 22.2. The van der Waals surface area contributed by atoms with Crippen LogP contribution >= 0.6 is 0 Å². The number of rotatable bonds is 6. The summed E-state index contributed by atoms with van der Waals surface area (Å²) in [5, 5.41) is 3.59. The molecular formula is C23H20N4O2. The molecule has 4 aromatic rings. The molecule has 4 rings (SSSR count). The van der Waals surface area contributed by atoms with Crippen LogP contribution in [0.15, 0.2) is 90.1 Å². The molecule has 6 heteroatoms. The van der Waals surface area contributed by atoms with E-state index >= 15 is 0 Å². The highest BCUT2D eigenvalue weighted by molar-refractivity contribution is 5.78. The first-order valence-corrected chi connectivity index (χ1v) is 9.42. The summed E-state index contributed by atoms with van der Waals surface area (Å²) in [5.74, 6) is -0.162. The van der Waals surface area contributed by atoms with Crippen molar-refractivity contribution in [2.24, 2.45) is 0 Å². The number of aryl methyl sites for hydroxylation is 1. The second kappa shape index (κ2) is 8.48. The minimum Gasteiger partial charge on any atom is -0.344 e. The summed E-state index contributed by atoms with van der Waals surface area (Å²) in [5.41, 5.74) is 2.21. The van der Waals surface area contributed by atoms with Gasteiger partial charge in [-0.15, -0.1) is 0 Å². The highest BCUT2D eigenvalue weighted by Gasteiger charge is 2.18. The van der Waals surface area contributed by atoms with Crippen LogP contribution in [0.1, 0.15) is 23.7 Å². The number of pyridine rings is 1. The van der Waals surface area contributed by atoms with Gasteiger partial charge in [0, 0.05) is 19.2 Å². The normalized spacial score (nSPS) is 11.9. The molecule has 0 bridgehead atoms. The molecule has 0 saturated heterocycles. The molecule has 1 amide bonds. The Bertz CT molecular complexity index is 1130. The standard InChI is InChI=1S/C23H20N4O2/c28-21(13-15-27-16-25-19-11-5-4-10-18(19)23(27)29)26-22(17-8-2-1-3-9-17)20-12-6-7-14-24-20/h1-12,14,16,22H,13,15H2,(H,26,28). The third-order valence-corrected chi connectivity index (χ3v) is 4.73. The molecule has 29 heavy (non-hydrogen) atoms. The number of nitrogens with zero attached hydrogens (tertiary/aromatic N) is 3. The Morgan fingerprint density at radius 1 is 0.931 bits per heavy atom. The van der Waals surface area contributed by atoms with E-state index < -0.39 is 0 Å². The van der Waals surface area contributed by atoms with E-state index in [1.54, 1.807) is 24.4 Å². The second-order valence-electron chi connectivity index (χ2n) is 6.68. The molecule has 6 nitrogen and oxygen atoms in total. The number of nitrogens with one attached hydrogen (secondary N) is 1. The topological polar surface area (TPSA) is 76.9 Å². The van der Waals surface area contributed by atoms with E-state index in [1.165, 1.54) is 10.9 Å². The molecule has 0 saturated carbocycles. The predicted octanol–water partition coefficient (Wildman–Crippen LogP) is 3.09. The molecule has 0 aliphatic rings. The average molecular weight is 384 g/mol. The zero-order valence-electron chi connectivity index (χ0n) is 15.7. The summed E-state index contributed by atoms with van der Waals surface area (Å²) in [6.07, 6.45) is 3.36. The lowest BCUT2D eigenvalue weighted by atomic mass is 10.0. The van der Waals surface area contributed by atoms with Crippen LogP contribution in [-0.4, -0.2) is 20.4 Å². The van der Waals surface area contributed by atoms with Gasteiger partial charge < -0.3 is 5.32 Å². The first-order chi connectivity index (χ1) is 14.2. The van der Waals surface area contributed by atoms with E-state index in [2.05, 4.69) is 15.3 Å². The Hall–Kier alpha value is -3.80. The number of carbonyl (C=O) groups is 1. The predicted molar refractivity (Wildman–Crippen MR) is 111 cm³/mol. The number of aromatic nitrogens is 3. The fourth-order valence-electron chi connectivity index (χ4n) is 3.24. The van der Waals surface area contributed by atoms with E-state index in [1.807, 2.05) is 54.6 Å². The summed E-state index contributed by atoms with van der Waals surface area (Å²) < 4.78 is 1.47. The van der Waals surface area contributed by atoms with Crippen molar-refractivity contribution >= 4 is 16.8 Å². The van der Waals surface area contributed by atoms with E-state index in [4.69, 9.17) is 0 Å². The lowest BCUT2D eigenvalue weighted by Gasteiger charge is -2.19. The number of para-hydroxylation sites is 1. The van der Waals surface area contributed by atoms with Gasteiger partial charge in [-0.25, -0.2) is 4.98 Å². The van der Waals surface area contributed by atoms with E-state index in [-0.39, 0.29) is 30.5 Å². The second-order valence-corrected chi connectivity index (χ2v) is 6.68. The molecule has 2 aromatic heterocycles. The fraction of sp³-hybridized carbons (Fsp3) is 0.130. The number of fused-ring (bicyclic) bond motifs is 1. The van der Waals surface area contributed by atoms with Gasteiger partial charge in [0.25, 0.3) is 5.56 Å². The van der Waals surface area contributed by atoms with Crippen LogP contribution in [0, 0.1) is 0 Å². The highest BCUT2D eigenvalue weighted by Crippen LogP contribution is 2.20. The molecule has 0 aliphatic heterocycles. The van der Waals surface area contributed by atoms with Crippen molar-refractivity contribution < 1.29 is 4.79 Å². The maximum Gasteiger partial charge on any atom is 0.261 e. The maximum atomic E-state index is 12.7. The third kappa shape index (κ3) is 4.21. The Morgan fingerprint density at radius 3 is 2.48 bits per heavy atom. The molecule has 144 valence electrons. The summed E-state index contributed by atoms with van der Waals surface area (Å²) >= 11 is 0.